The molecule has 0 amide bonds. The first-order valence-electron chi connectivity index (χ1n) is 10.0. The molecule has 1 saturated heterocycles. The normalized spacial score (nSPS) is 15.6. The Morgan fingerprint density at radius 1 is 1.07 bits per heavy atom. The third-order valence-corrected chi connectivity index (χ3v) is 6.21. The molecule has 3 heterocycles. The molecule has 0 radical (unpaired) electrons. The fourth-order valence-electron chi connectivity index (χ4n) is 3.72. The molecule has 3 aromatic rings. The van der Waals surface area contributed by atoms with Crippen LogP contribution < -0.4 is 0 Å². The zero-order valence-electron chi connectivity index (χ0n) is 16.8. The quantitative estimate of drug-likeness (QED) is 0.534. The molecule has 2 aromatic heterocycles. The first-order valence-corrected chi connectivity index (χ1v) is 10.8. The van der Waals surface area contributed by atoms with E-state index in [9.17, 15) is 4.39 Å². The van der Waals surface area contributed by atoms with Crippen LogP contribution in [0.4, 0.5) is 4.39 Å². The summed E-state index contributed by atoms with van der Waals surface area (Å²) < 4.78 is 18.7. The van der Waals surface area contributed by atoms with E-state index in [1.54, 1.807) is 24.5 Å². The largest absolute Gasteiger partial charge is 0.300 e. The minimum atomic E-state index is -0.245. The maximum atomic E-state index is 14.1. The van der Waals surface area contributed by atoms with Gasteiger partial charge in [-0.2, -0.15) is 5.10 Å². The lowest BCUT2D eigenvalue weighted by atomic mass is 10.2. The van der Waals surface area contributed by atoms with Crippen molar-refractivity contribution in [1.82, 2.24) is 29.1 Å². The van der Waals surface area contributed by atoms with Crippen LogP contribution in [0, 0.1) is 10.6 Å². The van der Waals surface area contributed by atoms with Crippen molar-refractivity contribution in [3.05, 3.63) is 63.9 Å². The van der Waals surface area contributed by atoms with E-state index in [4.69, 9.17) is 28.9 Å². The van der Waals surface area contributed by atoms with Gasteiger partial charge in [0.15, 0.2) is 10.6 Å². The van der Waals surface area contributed by atoms with Gasteiger partial charge in [-0.25, -0.2) is 9.07 Å². The summed E-state index contributed by atoms with van der Waals surface area (Å²) in [6.45, 7) is 7.38. The van der Waals surface area contributed by atoms with E-state index in [-0.39, 0.29) is 5.82 Å². The third-order valence-electron chi connectivity index (χ3n) is 5.42. The molecular weight excluding hydrogens is 423 g/mol. The second kappa shape index (κ2) is 9.34. The first-order chi connectivity index (χ1) is 14.6. The highest BCUT2D eigenvalue weighted by Crippen LogP contribution is 2.22. The number of halogens is 2. The molecule has 0 bridgehead atoms. The standard InChI is InChI=1S/C21H24ClFN6S/c1-2-28-20(16-6-8-24-9-7-16)25-29(21(28)30)15-27-12-10-26(11-13-27)14-17-18(22)4-3-5-19(17)23/h3-9H,2,10-15H2,1H3. The monoisotopic (exact) mass is 446 g/mol. The summed E-state index contributed by atoms with van der Waals surface area (Å²) in [6, 6.07) is 8.73. The molecule has 0 atom stereocenters. The Labute approximate surface area is 185 Å². The summed E-state index contributed by atoms with van der Waals surface area (Å²) >= 11 is 11.9. The number of pyridine rings is 1. The molecule has 158 valence electrons. The van der Waals surface area contributed by atoms with E-state index in [2.05, 4.69) is 21.7 Å². The Hall–Kier alpha value is -2.13. The Balaban J connectivity index is 1.42. The van der Waals surface area contributed by atoms with Crippen LogP contribution in [0.3, 0.4) is 0 Å². The van der Waals surface area contributed by atoms with E-state index >= 15 is 0 Å². The van der Waals surface area contributed by atoms with Crippen molar-refractivity contribution in [2.45, 2.75) is 26.7 Å². The van der Waals surface area contributed by atoms with Gasteiger partial charge in [-0.05, 0) is 43.4 Å². The summed E-state index contributed by atoms with van der Waals surface area (Å²) in [5.74, 6) is 0.614. The molecule has 30 heavy (non-hydrogen) atoms. The van der Waals surface area contributed by atoms with Crippen molar-refractivity contribution in [3.8, 4) is 11.4 Å². The Bertz CT molecular complexity index is 1040. The summed E-state index contributed by atoms with van der Waals surface area (Å²) in [6.07, 6.45) is 3.52. The van der Waals surface area contributed by atoms with E-state index in [1.807, 2.05) is 21.4 Å². The van der Waals surface area contributed by atoms with Crippen LogP contribution in [-0.2, 0) is 19.8 Å². The van der Waals surface area contributed by atoms with Gasteiger partial charge in [-0.3, -0.25) is 14.8 Å². The smallest absolute Gasteiger partial charge is 0.199 e. The van der Waals surface area contributed by atoms with E-state index in [0.717, 1.165) is 44.1 Å². The number of aromatic nitrogens is 4. The molecule has 4 rings (SSSR count). The van der Waals surface area contributed by atoms with Gasteiger partial charge in [-0.1, -0.05) is 17.7 Å². The maximum Gasteiger partial charge on any atom is 0.199 e. The van der Waals surface area contributed by atoms with Crippen LogP contribution in [-0.4, -0.2) is 55.3 Å². The molecule has 1 aliphatic rings. The highest BCUT2D eigenvalue weighted by Gasteiger charge is 2.21. The summed E-state index contributed by atoms with van der Waals surface area (Å²) in [5, 5.41) is 5.26. The van der Waals surface area contributed by atoms with Gasteiger partial charge < -0.3 is 4.57 Å². The Morgan fingerprint density at radius 2 is 1.77 bits per heavy atom. The molecule has 6 nitrogen and oxygen atoms in total. The molecule has 0 aliphatic carbocycles. The topological polar surface area (TPSA) is 42.1 Å². The highest BCUT2D eigenvalue weighted by molar-refractivity contribution is 7.71. The fourth-order valence-corrected chi connectivity index (χ4v) is 4.25. The molecular formula is C21H24ClFN6S. The molecule has 1 aliphatic heterocycles. The van der Waals surface area contributed by atoms with Crippen LogP contribution in [0.2, 0.25) is 5.02 Å². The van der Waals surface area contributed by atoms with Gasteiger partial charge in [0.05, 0.1) is 6.67 Å². The Morgan fingerprint density at radius 3 is 2.43 bits per heavy atom. The van der Waals surface area contributed by atoms with Crippen molar-refractivity contribution in [2.24, 2.45) is 0 Å². The number of benzene rings is 1. The number of nitrogens with zero attached hydrogens (tertiary/aromatic N) is 6. The highest BCUT2D eigenvalue weighted by atomic mass is 35.5. The molecule has 1 aromatic carbocycles. The summed E-state index contributed by atoms with van der Waals surface area (Å²) in [4.78, 5) is 8.63. The predicted octanol–water partition coefficient (Wildman–Crippen LogP) is 4.06. The lowest BCUT2D eigenvalue weighted by molar-refractivity contribution is 0.0974. The molecule has 0 saturated carbocycles. The molecule has 9 heteroatoms. The second-order valence-corrected chi connectivity index (χ2v) is 8.09. The van der Waals surface area contributed by atoms with E-state index < -0.39 is 0 Å². The summed E-state index contributed by atoms with van der Waals surface area (Å²) in [7, 11) is 0. The van der Waals surface area contributed by atoms with Gasteiger partial charge in [0.1, 0.15) is 5.82 Å². The molecule has 0 spiro atoms. The molecule has 1 fully saturated rings. The minimum Gasteiger partial charge on any atom is -0.300 e. The third kappa shape index (κ3) is 4.46. The number of hydrogen-bond acceptors (Lipinski definition) is 5. The number of hydrogen-bond donors (Lipinski definition) is 0. The van der Waals surface area contributed by atoms with E-state index in [1.165, 1.54) is 6.07 Å². The fraction of sp³-hybridized carbons (Fsp3) is 0.381. The van der Waals surface area contributed by atoms with Gasteiger partial charge in [-0.15, -0.1) is 0 Å². The lowest BCUT2D eigenvalue weighted by Gasteiger charge is -2.34. The van der Waals surface area contributed by atoms with Gasteiger partial charge in [0.25, 0.3) is 0 Å². The average Bonchev–Trinajstić information content (AvgIpc) is 3.08. The zero-order valence-corrected chi connectivity index (χ0v) is 18.4. The lowest BCUT2D eigenvalue weighted by Crippen LogP contribution is -2.46. The first kappa shape index (κ1) is 21.1. The predicted molar refractivity (Wildman–Crippen MR) is 118 cm³/mol. The number of piperazine rings is 1. The van der Waals surface area contributed by atoms with Gasteiger partial charge >= 0.3 is 0 Å². The zero-order chi connectivity index (χ0) is 21.1. The van der Waals surface area contributed by atoms with Crippen LogP contribution in [0.15, 0.2) is 42.7 Å². The van der Waals surface area contributed by atoms with Crippen molar-refractivity contribution in [3.63, 3.8) is 0 Å². The van der Waals surface area contributed by atoms with Gasteiger partial charge in [0.2, 0.25) is 0 Å². The average molecular weight is 447 g/mol. The van der Waals surface area contributed by atoms with Crippen molar-refractivity contribution < 1.29 is 4.39 Å². The molecule has 0 N–H and O–H groups in total. The number of rotatable bonds is 6. The second-order valence-electron chi connectivity index (χ2n) is 7.32. The maximum absolute atomic E-state index is 14.1. The summed E-state index contributed by atoms with van der Waals surface area (Å²) in [5.41, 5.74) is 1.57. The SMILES string of the molecule is CCn1c(-c2ccncc2)nn(CN2CCN(Cc3c(F)cccc3Cl)CC2)c1=S. The van der Waals surface area contributed by atoms with Crippen molar-refractivity contribution in [1.29, 1.82) is 0 Å². The van der Waals surface area contributed by atoms with Crippen molar-refractivity contribution >= 4 is 23.8 Å². The Kier molecular flexibility index (Phi) is 6.58. The van der Waals surface area contributed by atoms with Crippen LogP contribution in [0.25, 0.3) is 11.4 Å². The van der Waals surface area contributed by atoms with E-state index in [0.29, 0.717) is 28.6 Å². The minimum absolute atomic E-state index is 0.245. The van der Waals surface area contributed by atoms with Crippen LogP contribution >= 0.6 is 23.8 Å². The van der Waals surface area contributed by atoms with Crippen LogP contribution in [0.5, 0.6) is 0 Å². The van der Waals surface area contributed by atoms with Crippen LogP contribution in [0.1, 0.15) is 12.5 Å². The van der Waals surface area contributed by atoms with Crippen molar-refractivity contribution in [2.75, 3.05) is 26.2 Å². The van der Waals surface area contributed by atoms with Gasteiger partial charge in [0, 0.05) is 67.8 Å². The molecule has 0 unspecified atom stereocenters.